The molecule has 1 saturated heterocycles. The first-order chi connectivity index (χ1) is 13.9. The topological polar surface area (TPSA) is 107 Å². The summed E-state index contributed by atoms with van der Waals surface area (Å²) in [6.45, 7) is 0.523. The molecule has 0 aromatic heterocycles. The fraction of sp³-hybridized carbons (Fsp3) is 0.545. The summed E-state index contributed by atoms with van der Waals surface area (Å²) in [6, 6.07) is 5.79. The molecule has 1 aliphatic heterocycles. The van der Waals surface area contributed by atoms with Gasteiger partial charge in [0.15, 0.2) is 12.4 Å². The number of likely N-dealkylation sites (tertiary alicyclic amines) is 1. The zero-order valence-corrected chi connectivity index (χ0v) is 16.7. The highest BCUT2D eigenvalue weighted by Crippen LogP contribution is 2.23. The third-order valence-corrected chi connectivity index (χ3v) is 5.83. The van der Waals surface area contributed by atoms with Crippen molar-refractivity contribution < 1.29 is 23.9 Å². The molecule has 7 heteroatoms. The maximum Gasteiger partial charge on any atom is 0.306 e. The molecule has 0 spiro atoms. The maximum atomic E-state index is 12.4. The lowest BCUT2D eigenvalue weighted by Gasteiger charge is -2.30. The molecule has 2 N–H and O–H groups in total. The van der Waals surface area contributed by atoms with Crippen LogP contribution in [-0.2, 0) is 32.0 Å². The molecule has 3 rings (SSSR count). The highest BCUT2D eigenvalue weighted by Gasteiger charge is 2.26. The first-order valence-corrected chi connectivity index (χ1v) is 10.3. The smallest absolute Gasteiger partial charge is 0.306 e. The summed E-state index contributed by atoms with van der Waals surface area (Å²) in [7, 11) is 0. The van der Waals surface area contributed by atoms with E-state index >= 15 is 0 Å². The molecule has 0 unspecified atom stereocenters. The molecule has 0 radical (unpaired) electrons. The van der Waals surface area contributed by atoms with Crippen LogP contribution in [0.25, 0.3) is 0 Å². The number of rotatable bonds is 7. The lowest BCUT2D eigenvalue weighted by Crippen LogP contribution is -2.43. The Balaban J connectivity index is 1.39. The fourth-order valence-corrected chi connectivity index (χ4v) is 3.99. The van der Waals surface area contributed by atoms with Gasteiger partial charge in [-0.05, 0) is 55.7 Å². The minimum absolute atomic E-state index is 0.0487. The van der Waals surface area contributed by atoms with Crippen molar-refractivity contribution in [3.63, 3.8) is 0 Å². The second kappa shape index (κ2) is 9.67. The summed E-state index contributed by atoms with van der Waals surface area (Å²) >= 11 is 0. The first kappa shape index (κ1) is 21.0. The Morgan fingerprint density at radius 1 is 1.00 bits per heavy atom. The number of esters is 1. The minimum atomic E-state index is -0.559. The number of ether oxygens (including phenoxy) is 1. The van der Waals surface area contributed by atoms with Gasteiger partial charge in [0.2, 0.25) is 5.91 Å². The van der Waals surface area contributed by atoms with Gasteiger partial charge in [-0.2, -0.15) is 0 Å². The Hall–Kier alpha value is -2.70. The van der Waals surface area contributed by atoms with Crippen molar-refractivity contribution in [1.29, 1.82) is 0 Å². The Labute approximate surface area is 170 Å². The number of nitrogens with zero attached hydrogens (tertiary/aromatic N) is 1. The number of piperidine rings is 1. The van der Waals surface area contributed by atoms with Gasteiger partial charge in [0.25, 0.3) is 5.91 Å². The lowest BCUT2D eigenvalue weighted by atomic mass is 9.89. The quantitative estimate of drug-likeness (QED) is 0.555. The van der Waals surface area contributed by atoms with Crippen molar-refractivity contribution in [2.24, 2.45) is 11.7 Å². The Kier molecular flexibility index (Phi) is 7.01. The van der Waals surface area contributed by atoms with Crippen LogP contribution in [0.1, 0.15) is 60.0 Å². The van der Waals surface area contributed by atoms with E-state index in [9.17, 15) is 19.2 Å². The van der Waals surface area contributed by atoms with Gasteiger partial charge in [0, 0.05) is 31.0 Å². The summed E-state index contributed by atoms with van der Waals surface area (Å²) in [5, 5.41) is 0. The Bertz CT molecular complexity index is 796. The van der Waals surface area contributed by atoms with Gasteiger partial charge in [-0.3, -0.25) is 19.2 Å². The number of Topliss-reactive ketones (excluding diaryl/α,β-unsaturated/α-hetero) is 1. The monoisotopic (exact) mass is 400 g/mol. The van der Waals surface area contributed by atoms with Gasteiger partial charge >= 0.3 is 5.97 Å². The highest BCUT2D eigenvalue weighted by atomic mass is 16.5. The number of carbonyl (C=O) groups is 4. The number of nitrogens with two attached hydrogens (primary N) is 1. The number of primary amides is 1. The third-order valence-electron chi connectivity index (χ3n) is 5.83. The van der Waals surface area contributed by atoms with Gasteiger partial charge in [0.05, 0.1) is 6.42 Å². The number of carbonyl (C=O) groups excluding carboxylic acids is 4. The van der Waals surface area contributed by atoms with Crippen molar-refractivity contribution in [2.45, 2.75) is 51.4 Å². The Morgan fingerprint density at radius 2 is 1.69 bits per heavy atom. The van der Waals surface area contributed by atoms with Crippen LogP contribution in [0.2, 0.25) is 0 Å². The standard InChI is InChI=1S/C22H28N2O5/c23-22(28)16-9-11-24(12-10-16)20(26)14-29-21(27)8-7-19(25)18-6-5-15-3-1-2-4-17(15)13-18/h5-6,13,16H,1-4,7-12,14H2,(H2,23,28). The van der Waals surface area contributed by atoms with E-state index in [0.717, 1.165) is 19.3 Å². The van der Waals surface area contributed by atoms with E-state index in [-0.39, 0.29) is 43.0 Å². The van der Waals surface area contributed by atoms with Gasteiger partial charge < -0.3 is 15.4 Å². The van der Waals surface area contributed by atoms with Crippen LogP contribution in [0.3, 0.4) is 0 Å². The van der Waals surface area contributed by atoms with Crippen molar-refractivity contribution >= 4 is 23.6 Å². The Morgan fingerprint density at radius 3 is 2.38 bits per heavy atom. The summed E-state index contributed by atoms with van der Waals surface area (Å²) in [5.74, 6) is -1.47. The molecule has 1 heterocycles. The van der Waals surface area contributed by atoms with E-state index in [0.29, 0.717) is 31.5 Å². The van der Waals surface area contributed by atoms with Crippen LogP contribution in [-0.4, -0.2) is 48.2 Å². The molecular formula is C22H28N2O5. The van der Waals surface area contributed by atoms with Gasteiger partial charge in [-0.25, -0.2) is 0 Å². The van der Waals surface area contributed by atoms with Gasteiger partial charge in [0.1, 0.15) is 0 Å². The van der Waals surface area contributed by atoms with E-state index in [1.54, 1.807) is 4.90 Å². The molecule has 29 heavy (non-hydrogen) atoms. The predicted octanol–water partition coefficient (Wildman–Crippen LogP) is 1.80. The molecule has 1 aliphatic carbocycles. The van der Waals surface area contributed by atoms with Crippen molar-refractivity contribution in [2.75, 3.05) is 19.7 Å². The van der Waals surface area contributed by atoms with Gasteiger partial charge in [-0.15, -0.1) is 0 Å². The van der Waals surface area contributed by atoms with E-state index in [2.05, 4.69) is 0 Å². The number of ketones is 1. The number of aryl methyl sites for hydroxylation is 2. The van der Waals surface area contributed by atoms with Crippen molar-refractivity contribution in [1.82, 2.24) is 4.90 Å². The first-order valence-electron chi connectivity index (χ1n) is 10.3. The molecule has 2 aliphatic rings. The number of hydrogen-bond acceptors (Lipinski definition) is 5. The normalized spacial score (nSPS) is 16.8. The van der Waals surface area contributed by atoms with Crippen LogP contribution in [0.15, 0.2) is 18.2 Å². The molecule has 2 amide bonds. The molecule has 1 fully saturated rings. The maximum absolute atomic E-state index is 12.4. The molecule has 0 bridgehead atoms. The molecule has 0 atom stereocenters. The highest BCUT2D eigenvalue weighted by molar-refractivity contribution is 5.98. The number of hydrogen-bond donors (Lipinski definition) is 1. The molecule has 156 valence electrons. The summed E-state index contributed by atoms with van der Waals surface area (Å²) in [5.41, 5.74) is 8.45. The average molecular weight is 400 g/mol. The predicted molar refractivity (Wildman–Crippen MR) is 106 cm³/mol. The minimum Gasteiger partial charge on any atom is -0.456 e. The van der Waals surface area contributed by atoms with Crippen LogP contribution in [0.4, 0.5) is 0 Å². The fourth-order valence-electron chi connectivity index (χ4n) is 3.99. The SMILES string of the molecule is NC(=O)C1CCN(C(=O)COC(=O)CCC(=O)c2ccc3c(c2)CCCC3)CC1. The lowest BCUT2D eigenvalue weighted by molar-refractivity contribution is -0.152. The summed E-state index contributed by atoms with van der Waals surface area (Å²) < 4.78 is 5.03. The second-order valence-corrected chi connectivity index (χ2v) is 7.83. The molecule has 1 aromatic rings. The van der Waals surface area contributed by atoms with E-state index < -0.39 is 5.97 Å². The average Bonchev–Trinajstić information content (AvgIpc) is 2.75. The molecule has 7 nitrogen and oxygen atoms in total. The van der Waals surface area contributed by atoms with E-state index in [1.807, 2.05) is 18.2 Å². The van der Waals surface area contributed by atoms with Crippen LogP contribution in [0, 0.1) is 5.92 Å². The molecular weight excluding hydrogens is 372 g/mol. The summed E-state index contributed by atoms with van der Waals surface area (Å²) in [6.07, 6.45) is 5.47. The zero-order chi connectivity index (χ0) is 20.8. The third kappa shape index (κ3) is 5.65. The molecule has 1 aromatic carbocycles. The van der Waals surface area contributed by atoms with Crippen LogP contribution < -0.4 is 5.73 Å². The van der Waals surface area contributed by atoms with E-state index in [1.165, 1.54) is 17.5 Å². The number of benzene rings is 1. The molecule has 0 saturated carbocycles. The van der Waals surface area contributed by atoms with E-state index in [4.69, 9.17) is 10.5 Å². The second-order valence-electron chi connectivity index (χ2n) is 7.83. The number of amides is 2. The summed E-state index contributed by atoms with van der Waals surface area (Å²) in [4.78, 5) is 49.2. The van der Waals surface area contributed by atoms with Crippen LogP contribution in [0.5, 0.6) is 0 Å². The number of fused-ring (bicyclic) bond motifs is 1. The zero-order valence-electron chi connectivity index (χ0n) is 16.7. The van der Waals surface area contributed by atoms with Gasteiger partial charge in [-0.1, -0.05) is 12.1 Å². The van der Waals surface area contributed by atoms with Crippen LogP contribution >= 0.6 is 0 Å². The van der Waals surface area contributed by atoms with Crippen molar-refractivity contribution in [3.05, 3.63) is 34.9 Å². The van der Waals surface area contributed by atoms with Crippen molar-refractivity contribution in [3.8, 4) is 0 Å². The largest absolute Gasteiger partial charge is 0.456 e.